The SMILES string of the molecule is COc1ccc2[nH]c3c(c2c1)CCN(C(=O)OCC1c2ccccc2-c2ccccc21)C3C(=O)ON1C(=O)c2ccccc2C1=O. The second-order valence-corrected chi connectivity index (χ2v) is 11.4. The third kappa shape index (κ3) is 4.17. The van der Waals surface area contributed by atoms with Gasteiger partial charge in [-0.25, -0.2) is 9.59 Å². The molecule has 3 amide bonds. The van der Waals surface area contributed by atoms with E-state index < -0.39 is 29.9 Å². The highest BCUT2D eigenvalue weighted by atomic mass is 16.7. The van der Waals surface area contributed by atoms with Crippen molar-refractivity contribution in [3.05, 3.63) is 125 Å². The van der Waals surface area contributed by atoms with E-state index in [0.29, 0.717) is 22.9 Å². The molecular weight excluding hydrogens is 586 g/mol. The number of carbonyl (C=O) groups excluding carboxylic acids is 4. The van der Waals surface area contributed by atoms with Crippen molar-refractivity contribution in [1.82, 2.24) is 14.9 Å². The molecule has 10 nitrogen and oxygen atoms in total. The van der Waals surface area contributed by atoms with Crippen molar-refractivity contribution >= 4 is 34.8 Å². The maximum absolute atomic E-state index is 14.0. The molecule has 0 spiro atoms. The van der Waals surface area contributed by atoms with Crippen LogP contribution in [0, 0.1) is 0 Å². The Hall–Kier alpha value is -5.90. The Bertz CT molecular complexity index is 2020. The summed E-state index contributed by atoms with van der Waals surface area (Å²) in [5.41, 5.74) is 6.54. The van der Waals surface area contributed by atoms with Gasteiger partial charge in [0.15, 0.2) is 6.04 Å². The second kappa shape index (κ2) is 10.6. The first-order chi connectivity index (χ1) is 22.4. The summed E-state index contributed by atoms with van der Waals surface area (Å²) < 4.78 is 11.4. The number of H-pyrrole nitrogens is 1. The number of hydrogen-bond acceptors (Lipinski definition) is 7. The van der Waals surface area contributed by atoms with Crippen LogP contribution in [-0.2, 0) is 20.8 Å². The molecule has 0 bridgehead atoms. The fourth-order valence-electron chi connectivity index (χ4n) is 6.90. The summed E-state index contributed by atoms with van der Waals surface area (Å²) in [6.07, 6.45) is -0.295. The fourth-order valence-corrected chi connectivity index (χ4v) is 6.90. The molecule has 1 N–H and O–H groups in total. The van der Waals surface area contributed by atoms with Crippen molar-refractivity contribution in [2.45, 2.75) is 18.4 Å². The smallest absolute Gasteiger partial charge is 0.410 e. The number of nitrogens with zero attached hydrogens (tertiary/aromatic N) is 2. The van der Waals surface area contributed by atoms with Gasteiger partial charge in [-0.1, -0.05) is 65.7 Å². The van der Waals surface area contributed by atoms with Crippen LogP contribution in [0.2, 0.25) is 0 Å². The topological polar surface area (TPSA) is 118 Å². The number of nitrogens with one attached hydrogen (secondary N) is 1. The number of carbonyl (C=O) groups is 4. The van der Waals surface area contributed by atoms with E-state index in [2.05, 4.69) is 17.1 Å². The minimum absolute atomic E-state index is 0.0558. The van der Waals surface area contributed by atoms with Crippen LogP contribution in [-0.4, -0.2) is 59.1 Å². The van der Waals surface area contributed by atoms with E-state index in [0.717, 1.165) is 38.7 Å². The van der Waals surface area contributed by atoms with E-state index in [4.69, 9.17) is 14.3 Å². The molecule has 8 rings (SSSR count). The molecule has 1 aliphatic carbocycles. The summed E-state index contributed by atoms with van der Waals surface area (Å²) in [5.74, 6) is -2.01. The van der Waals surface area contributed by atoms with Gasteiger partial charge in [0.05, 0.1) is 23.9 Å². The van der Waals surface area contributed by atoms with Gasteiger partial charge >= 0.3 is 12.1 Å². The summed E-state index contributed by atoms with van der Waals surface area (Å²) >= 11 is 0. The Labute approximate surface area is 263 Å². The second-order valence-electron chi connectivity index (χ2n) is 11.4. The van der Waals surface area contributed by atoms with E-state index in [1.54, 1.807) is 25.3 Å². The van der Waals surface area contributed by atoms with Crippen LogP contribution >= 0.6 is 0 Å². The maximum Gasteiger partial charge on any atom is 0.410 e. The molecule has 3 aliphatic rings. The molecule has 46 heavy (non-hydrogen) atoms. The fraction of sp³-hybridized carbons (Fsp3) is 0.167. The largest absolute Gasteiger partial charge is 0.497 e. The lowest BCUT2D eigenvalue weighted by molar-refractivity contribution is -0.175. The number of benzene rings is 4. The van der Waals surface area contributed by atoms with Gasteiger partial charge in [0, 0.05) is 23.4 Å². The molecule has 0 fully saturated rings. The van der Waals surface area contributed by atoms with Gasteiger partial charge in [-0.15, -0.1) is 0 Å². The van der Waals surface area contributed by atoms with Crippen LogP contribution in [0.15, 0.2) is 91.0 Å². The Balaban J connectivity index is 1.12. The van der Waals surface area contributed by atoms with Crippen molar-refractivity contribution in [3.63, 3.8) is 0 Å². The summed E-state index contributed by atoms with van der Waals surface area (Å²) in [7, 11) is 1.57. The summed E-state index contributed by atoms with van der Waals surface area (Å²) in [6, 6.07) is 26.5. The van der Waals surface area contributed by atoms with E-state index in [1.165, 1.54) is 17.0 Å². The normalized spacial score (nSPS) is 16.6. The van der Waals surface area contributed by atoms with Crippen LogP contribution in [0.3, 0.4) is 0 Å². The van der Waals surface area contributed by atoms with Crippen molar-refractivity contribution < 1.29 is 33.5 Å². The highest BCUT2D eigenvalue weighted by molar-refractivity contribution is 6.21. The Kier molecular flexibility index (Phi) is 6.38. The highest BCUT2D eigenvalue weighted by Gasteiger charge is 2.45. The molecule has 0 saturated heterocycles. The number of amides is 3. The number of fused-ring (bicyclic) bond motifs is 7. The molecule has 1 atom stereocenters. The van der Waals surface area contributed by atoms with Gasteiger partial charge in [-0.3, -0.25) is 14.5 Å². The molecule has 10 heteroatoms. The van der Waals surface area contributed by atoms with Gasteiger partial charge < -0.3 is 19.3 Å². The number of hydroxylamine groups is 2. The van der Waals surface area contributed by atoms with Crippen molar-refractivity contribution in [3.8, 4) is 16.9 Å². The number of rotatable bonds is 5. The number of aromatic nitrogens is 1. The van der Waals surface area contributed by atoms with Crippen molar-refractivity contribution in [2.24, 2.45) is 0 Å². The minimum Gasteiger partial charge on any atom is -0.497 e. The van der Waals surface area contributed by atoms with E-state index >= 15 is 0 Å². The predicted octanol–water partition coefficient (Wildman–Crippen LogP) is 5.78. The van der Waals surface area contributed by atoms with Gasteiger partial charge in [-0.05, 0) is 64.6 Å². The minimum atomic E-state index is -1.32. The lowest BCUT2D eigenvalue weighted by atomic mass is 9.97. The summed E-state index contributed by atoms with van der Waals surface area (Å²) in [6.45, 7) is 0.190. The molecule has 4 aromatic carbocycles. The molecule has 0 saturated carbocycles. The zero-order valence-corrected chi connectivity index (χ0v) is 24.7. The molecule has 1 unspecified atom stereocenters. The predicted molar refractivity (Wildman–Crippen MR) is 166 cm³/mol. The van der Waals surface area contributed by atoms with Crippen LogP contribution in [0.1, 0.15) is 55.1 Å². The van der Waals surface area contributed by atoms with E-state index in [9.17, 15) is 19.2 Å². The van der Waals surface area contributed by atoms with Gasteiger partial charge in [0.1, 0.15) is 12.4 Å². The van der Waals surface area contributed by atoms with E-state index in [-0.39, 0.29) is 30.2 Å². The third-order valence-corrected chi connectivity index (χ3v) is 9.07. The summed E-state index contributed by atoms with van der Waals surface area (Å²) in [4.78, 5) is 64.1. The number of imide groups is 1. The van der Waals surface area contributed by atoms with Crippen molar-refractivity contribution in [1.29, 1.82) is 0 Å². The first-order valence-corrected chi connectivity index (χ1v) is 14.9. The quantitative estimate of drug-likeness (QED) is 0.250. The number of methoxy groups -OCH3 is 1. The monoisotopic (exact) mass is 613 g/mol. The Morgan fingerprint density at radius 3 is 2.07 bits per heavy atom. The van der Waals surface area contributed by atoms with Crippen LogP contribution < -0.4 is 4.74 Å². The lowest BCUT2D eigenvalue weighted by Crippen LogP contribution is -2.46. The average Bonchev–Trinajstić information content (AvgIpc) is 3.70. The van der Waals surface area contributed by atoms with Crippen LogP contribution in [0.4, 0.5) is 4.79 Å². The van der Waals surface area contributed by atoms with Gasteiger partial charge in [0.2, 0.25) is 0 Å². The average molecular weight is 614 g/mol. The molecule has 228 valence electrons. The zero-order valence-electron chi connectivity index (χ0n) is 24.7. The van der Waals surface area contributed by atoms with Crippen LogP contribution in [0.25, 0.3) is 22.0 Å². The highest BCUT2D eigenvalue weighted by Crippen LogP contribution is 2.45. The molecule has 0 radical (unpaired) electrons. The first kappa shape index (κ1) is 27.6. The van der Waals surface area contributed by atoms with Crippen molar-refractivity contribution in [2.75, 3.05) is 20.3 Å². The van der Waals surface area contributed by atoms with Gasteiger partial charge in [-0.2, -0.15) is 0 Å². The third-order valence-electron chi connectivity index (χ3n) is 9.07. The Morgan fingerprint density at radius 2 is 1.43 bits per heavy atom. The van der Waals surface area contributed by atoms with E-state index in [1.807, 2.05) is 48.5 Å². The zero-order chi connectivity index (χ0) is 31.5. The standard InChI is InChI=1S/C36H27N3O7/c1-44-20-14-15-30-28(18-20)25-16-17-38(36(43)45-19-29-23-10-4-2-8-21(23)22-9-3-5-11-24(22)29)32(31(25)37-30)35(42)46-39-33(40)26-12-6-7-13-27(26)34(39)41/h2-15,18,29,32,37H,16-17,19H2,1H3. The molecule has 5 aromatic rings. The molecule has 1 aromatic heterocycles. The van der Waals surface area contributed by atoms with Crippen LogP contribution in [0.5, 0.6) is 5.75 Å². The summed E-state index contributed by atoms with van der Waals surface area (Å²) in [5, 5.41) is 1.29. The maximum atomic E-state index is 14.0. The number of ether oxygens (including phenoxy) is 2. The Morgan fingerprint density at radius 1 is 0.826 bits per heavy atom. The lowest BCUT2D eigenvalue weighted by Gasteiger charge is -2.34. The van der Waals surface area contributed by atoms with Gasteiger partial charge in [0.25, 0.3) is 11.8 Å². The number of aromatic amines is 1. The molecule has 3 heterocycles. The number of hydrogen-bond donors (Lipinski definition) is 1. The molecule has 2 aliphatic heterocycles. The molecular formula is C36H27N3O7. The first-order valence-electron chi connectivity index (χ1n) is 14.9.